The van der Waals surface area contributed by atoms with E-state index < -0.39 is 5.82 Å². The van der Waals surface area contributed by atoms with E-state index in [0.29, 0.717) is 18.5 Å². The number of carbonyl (C=O) groups excluding carboxylic acids is 1. The Morgan fingerprint density at radius 1 is 1.25 bits per heavy atom. The molecule has 20 heavy (non-hydrogen) atoms. The number of anilines is 1. The minimum Gasteiger partial charge on any atom is -0.385 e. The second-order valence-corrected chi connectivity index (χ2v) is 4.27. The first-order valence-corrected chi connectivity index (χ1v) is 6.35. The summed E-state index contributed by atoms with van der Waals surface area (Å²) >= 11 is 0. The molecule has 0 radical (unpaired) electrons. The van der Waals surface area contributed by atoms with E-state index in [1.807, 2.05) is 12.1 Å². The predicted molar refractivity (Wildman–Crippen MR) is 76.2 cm³/mol. The second-order valence-electron chi connectivity index (χ2n) is 4.27. The van der Waals surface area contributed by atoms with Crippen LogP contribution in [0.15, 0.2) is 42.7 Å². The van der Waals surface area contributed by atoms with Crippen molar-refractivity contribution in [2.45, 2.75) is 6.42 Å². The molecule has 1 aromatic heterocycles. The lowest BCUT2D eigenvalue weighted by Crippen LogP contribution is -2.26. The number of carbonyl (C=O) groups is 1. The smallest absolute Gasteiger partial charge is 0.253 e. The molecule has 0 spiro atoms. The second kappa shape index (κ2) is 6.65. The van der Waals surface area contributed by atoms with Crippen LogP contribution in [0.25, 0.3) is 0 Å². The van der Waals surface area contributed by atoms with Gasteiger partial charge in [0.25, 0.3) is 5.91 Å². The number of halogens is 1. The molecule has 2 rings (SSSR count). The summed E-state index contributed by atoms with van der Waals surface area (Å²) in [5.74, 6) is -0.725. The number of amides is 1. The van der Waals surface area contributed by atoms with Crippen molar-refractivity contribution in [2.24, 2.45) is 0 Å². The van der Waals surface area contributed by atoms with Gasteiger partial charge in [-0.25, -0.2) is 4.39 Å². The molecule has 4 nitrogen and oxygen atoms in total. The van der Waals surface area contributed by atoms with Crippen LogP contribution < -0.4 is 10.6 Å². The molecule has 5 heteroatoms. The van der Waals surface area contributed by atoms with Gasteiger partial charge >= 0.3 is 0 Å². The molecule has 0 aliphatic carbocycles. The van der Waals surface area contributed by atoms with E-state index >= 15 is 0 Å². The number of pyridine rings is 1. The van der Waals surface area contributed by atoms with E-state index in [1.54, 1.807) is 25.5 Å². The Labute approximate surface area is 117 Å². The molecule has 104 valence electrons. The highest BCUT2D eigenvalue weighted by Gasteiger charge is 2.13. The highest BCUT2D eigenvalue weighted by Crippen LogP contribution is 2.18. The van der Waals surface area contributed by atoms with Gasteiger partial charge in [0, 0.05) is 26.0 Å². The topological polar surface area (TPSA) is 54.0 Å². The lowest BCUT2D eigenvalue weighted by Gasteiger charge is -2.10. The molecule has 0 aliphatic heterocycles. The first kappa shape index (κ1) is 14.0. The van der Waals surface area contributed by atoms with E-state index in [9.17, 15) is 9.18 Å². The third kappa shape index (κ3) is 3.32. The molecule has 0 aliphatic rings. The quantitative estimate of drug-likeness (QED) is 0.878. The largest absolute Gasteiger partial charge is 0.385 e. The first-order chi connectivity index (χ1) is 9.72. The number of nitrogens with one attached hydrogen (secondary N) is 2. The van der Waals surface area contributed by atoms with Gasteiger partial charge in [-0.2, -0.15) is 0 Å². The van der Waals surface area contributed by atoms with Gasteiger partial charge < -0.3 is 10.6 Å². The van der Waals surface area contributed by atoms with Gasteiger partial charge in [0.05, 0.1) is 11.3 Å². The highest BCUT2D eigenvalue weighted by atomic mass is 19.1. The Kier molecular flexibility index (Phi) is 4.65. The summed E-state index contributed by atoms with van der Waals surface area (Å²) in [6.45, 7) is 0.489. The summed E-state index contributed by atoms with van der Waals surface area (Å²) in [6.07, 6.45) is 4.13. The third-order valence-corrected chi connectivity index (χ3v) is 2.96. The van der Waals surface area contributed by atoms with Crippen LogP contribution in [0, 0.1) is 5.82 Å². The fourth-order valence-electron chi connectivity index (χ4n) is 1.93. The van der Waals surface area contributed by atoms with Crippen LogP contribution in [0.4, 0.5) is 10.1 Å². The van der Waals surface area contributed by atoms with Crippen molar-refractivity contribution < 1.29 is 9.18 Å². The van der Waals surface area contributed by atoms with Crippen LogP contribution in [-0.4, -0.2) is 24.5 Å². The zero-order valence-corrected chi connectivity index (χ0v) is 11.2. The number of benzene rings is 1. The molecular formula is C15H16FN3O. The van der Waals surface area contributed by atoms with E-state index in [4.69, 9.17) is 0 Å². The number of hydrogen-bond donors (Lipinski definition) is 2. The summed E-state index contributed by atoms with van der Waals surface area (Å²) in [7, 11) is 1.59. The first-order valence-electron chi connectivity index (χ1n) is 6.35. The van der Waals surface area contributed by atoms with Crippen LogP contribution >= 0.6 is 0 Å². The molecule has 1 heterocycles. The van der Waals surface area contributed by atoms with E-state index in [2.05, 4.69) is 15.6 Å². The van der Waals surface area contributed by atoms with E-state index in [0.717, 1.165) is 5.56 Å². The van der Waals surface area contributed by atoms with Gasteiger partial charge in [0.2, 0.25) is 0 Å². The van der Waals surface area contributed by atoms with Crippen molar-refractivity contribution in [2.75, 3.05) is 18.9 Å². The zero-order valence-electron chi connectivity index (χ0n) is 11.2. The number of hydrogen-bond acceptors (Lipinski definition) is 3. The maximum Gasteiger partial charge on any atom is 0.253 e. The van der Waals surface area contributed by atoms with Crippen molar-refractivity contribution in [3.63, 3.8) is 0 Å². The van der Waals surface area contributed by atoms with Gasteiger partial charge in [0.15, 0.2) is 0 Å². The van der Waals surface area contributed by atoms with Crippen molar-refractivity contribution in [3.8, 4) is 0 Å². The Balaban J connectivity index is 1.97. The molecule has 1 amide bonds. The van der Waals surface area contributed by atoms with Gasteiger partial charge in [0.1, 0.15) is 5.82 Å². The van der Waals surface area contributed by atoms with Crippen molar-refractivity contribution >= 4 is 11.6 Å². The minimum absolute atomic E-state index is 0.217. The van der Waals surface area contributed by atoms with Crippen LogP contribution in [0.2, 0.25) is 0 Å². The highest BCUT2D eigenvalue weighted by molar-refractivity contribution is 5.99. The maximum absolute atomic E-state index is 13.5. The van der Waals surface area contributed by atoms with Crippen LogP contribution in [0.3, 0.4) is 0 Å². The number of aromatic nitrogens is 1. The van der Waals surface area contributed by atoms with Crippen molar-refractivity contribution in [3.05, 3.63) is 59.7 Å². The Morgan fingerprint density at radius 3 is 2.70 bits per heavy atom. The summed E-state index contributed by atoms with van der Waals surface area (Å²) in [5.41, 5.74) is 1.62. The lowest BCUT2D eigenvalue weighted by molar-refractivity contribution is 0.0954. The van der Waals surface area contributed by atoms with E-state index in [1.165, 1.54) is 12.1 Å². The van der Waals surface area contributed by atoms with Gasteiger partial charge in [-0.3, -0.25) is 9.78 Å². The predicted octanol–water partition coefficient (Wildman–Crippen LogP) is 2.23. The lowest BCUT2D eigenvalue weighted by atomic mass is 10.1. The van der Waals surface area contributed by atoms with Gasteiger partial charge in [-0.05, 0) is 36.2 Å². The third-order valence-electron chi connectivity index (χ3n) is 2.96. The minimum atomic E-state index is -0.436. The summed E-state index contributed by atoms with van der Waals surface area (Å²) < 4.78 is 13.5. The summed E-state index contributed by atoms with van der Waals surface area (Å²) in [4.78, 5) is 16.0. The molecule has 2 N–H and O–H groups in total. The molecule has 0 fully saturated rings. The van der Waals surface area contributed by atoms with Crippen LogP contribution in [0.5, 0.6) is 0 Å². The average molecular weight is 273 g/mol. The van der Waals surface area contributed by atoms with Crippen molar-refractivity contribution in [1.82, 2.24) is 10.3 Å². The fraction of sp³-hybridized carbons (Fsp3) is 0.200. The van der Waals surface area contributed by atoms with Crippen LogP contribution in [-0.2, 0) is 6.42 Å². The molecule has 0 bridgehead atoms. The molecule has 1 aromatic carbocycles. The van der Waals surface area contributed by atoms with E-state index in [-0.39, 0.29) is 11.6 Å². The summed E-state index contributed by atoms with van der Waals surface area (Å²) in [5, 5.41) is 5.49. The SMILES string of the molecule is CNc1c(F)cccc1C(=O)NCCc1ccncc1. The Hall–Kier alpha value is -2.43. The normalized spacial score (nSPS) is 10.1. The fourth-order valence-corrected chi connectivity index (χ4v) is 1.93. The maximum atomic E-state index is 13.5. The number of rotatable bonds is 5. The molecule has 0 saturated heterocycles. The monoisotopic (exact) mass is 273 g/mol. The Bertz CT molecular complexity index is 587. The number of para-hydroxylation sites is 1. The Morgan fingerprint density at radius 2 is 2.00 bits per heavy atom. The molecule has 0 atom stereocenters. The van der Waals surface area contributed by atoms with Gasteiger partial charge in [-0.1, -0.05) is 6.07 Å². The molecule has 0 saturated carbocycles. The standard InChI is InChI=1S/C15H16FN3O/c1-17-14-12(3-2-4-13(14)16)15(20)19-10-7-11-5-8-18-9-6-11/h2-6,8-9,17H,7,10H2,1H3,(H,19,20). The molecule has 2 aromatic rings. The van der Waals surface area contributed by atoms with Crippen molar-refractivity contribution in [1.29, 1.82) is 0 Å². The number of nitrogens with zero attached hydrogens (tertiary/aromatic N) is 1. The van der Waals surface area contributed by atoms with Gasteiger partial charge in [-0.15, -0.1) is 0 Å². The zero-order chi connectivity index (χ0) is 14.4. The summed E-state index contributed by atoms with van der Waals surface area (Å²) in [6, 6.07) is 8.23. The van der Waals surface area contributed by atoms with Crippen LogP contribution in [0.1, 0.15) is 15.9 Å². The molecular weight excluding hydrogens is 257 g/mol. The average Bonchev–Trinajstić information content (AvgIpc) is 2.48. The molecule has 0 unspecified atom stereocenters.